The number of amides is 1. The third kappa shape index (κ3) is 3.57. The fourth-order valence-electron chi connectivity index (χ4n) is 2.71. The number of carbonyl (C=O) groups is 2. The molecule has 0 radical (unpaired) electrons. The standard InChI is InChI=1S/C17H16ClNO3S/c18-13-3-1-11(2-4-13)14-5-6-15(23-14)16(20)19-9-7-12(8-10-19)17(21)22/h1-6,12H,7-10H2,(H,21,22). The molecule has 2 heterocycles. The Hall–Kier alpha value is -1.85. The van der Waals surface area contributed by atoms with Gasteiger partial charge in [0, 0.05) is 23.0 Å². The molecule has 1 aliphatic rings. The van der Waals surface area contributed by atoms with E-state index in [1.807, 2.05) is 36.4 Å². The number of carbonyl (C=O) groups excluding carboxylic acids is 1. The molecule has 120 valence electrons. The second kappa shape index (κ2) is 6.72. The molecule has 6 heteroatoms. The van der Waals surface area contributed by atoms with Gasteiger partial charge in [-0.15, -0.1) is 11.3 Å². The third-order valence-corrected chi connectivity index (χ3v) is 5.45. The van der Waals surface area contributed by atoms with Crippen molar-refractivity contribution in [3.8, 4) is 10.4 Å². The van der Waals surface area contributed by atoms with Gasteiger partial charge in [-0.1, -0.05) is 23.7 Å². The summed E-state index contributed by atoms with van der Waals surface area (Å²) in [4.78, 5) is 27.0. The highest BCUT2D eigenvalue weighted by Gasteiger charge is 2.28. The molecule has 0 spiro atoms. The molecule has 1 amide bonds. The first-order chi connectivity index (χ1) is 11.0. The molecule has 23 heavy (non-hydrogen) atoms. The number of likely N-dealkylation sites (tertiary alicyclic amines) is 1. The second-order valence-corrected chi connectivity index (χ2v) is 7.10. The zero-order valence-corrected chi connectivity index (χ0v) is 13.9. The summed E-state index contributed by atoms with van der Waals surface area (Å²) in [6.45, 7) is 1.01. The number of halogens is 1. The maximum absolute atomic E-state index is 12.5. The first kappa shape index (κ1) is 16.0. The van der Waals surface area contributed by atoms with Crippen molar-refractivity contribution in [2.24, 2.45) is 5.92 Å². The summed E-state index contributed by atoms with van der Waals surface area (Å²) in [5, 5.41) is 9.70. The average molecular weight is 350 g/mol. The van der Waals surface area contributed by atoms with Gasteiger partial charge >= 0.3 is 5.97 Å². The lowest BCUT2D eigenvalue weighted by Crippen LogP contribution is -2.39. The molecule has 1 saturated heterocycles. The van der Waals surface area contributed by atoms with Crippen molar-refractivity contribution in [2.75, 3.05) is 13.1 Å². The summed E-state index contributed by atoms with van der Waals surface area (Å²) in [5.74, 6) is -1.11. The minimum absolute atomic E-state index is 0.0148. The van der Waals surface area contributed by atoms with E-state index in [9.17, 15) is 9.59 Å². The van der Waals surface area contributed by atoms with E-state index in [1.165, 1.54) is 11.3 Å². The van der Waals surface area contributed by atoms with Crippen molar-refractivity contribution < 1.29 is 14.7 Å². The van der Waals surface area contributed by atoms with Gasteiger partial charge in [0.15, 0.2) is 0 Å². The topological polar surface area (TPSA) is 57.6 Å². The van der Waals surface area contributed by atoms with Crippen LogP contribution in [0.3, 0.4) is 0 Å². The summed E-state index contributed by atoms with van der Waals surface area (Å²) < 4.78 is 0. The quantitative estimate of drug-likeness (QED) is 0.911. The van der Waals surface area contributed by atoms with E-state index >= 15 is 0 Å². The Labute approximate surface area is 143 Å². The minimum atomic E-state index is -0.766. The van der Waals surface area contributed by atoms with Crippen LogP contribution in [0.4, 0.5) is 0 Å². The van der Waals surface area contributed by atoms with E-state index in [0.717, 1.165) is 10.4 Å². The number of rotatable bonds is 3. The Kier molecular flexibility index (Phi) is 4.68. The van der Waals surface area contributed by atoms with Gasteiger partial charge in [0.25, 0.3) is 5.91 Å². The van der Waals surface area contributed by atoms with Crippen molar-refractivity contribution in [3.63, 3.8) is 0 Å². The van der Waals surface area contributed by atoms with Crippen LogP contribution in [0.5, 0.6) is 0 Å². The molecule has 0 unspecified atom stereocenters. The summed E-state index contributed by atoms with van der Waals surface area (Å²) >= 11 is 7.34. The maximum atomic E-state index is 12.5. The Morgan fingerprint density at radius 3 is 2.35 bits per heavy atom. The van der Waals surface area contributed by atoms with Crippen molar-refractivity contribution in [2.45, 2.75) is 12.8 Å². The highest BCUT2D eigenvalue weighted by Crippen LogP contribution is 2.30. The molecule has 2 aromatic rings. The van der Waals surface area contributed by atoms with Crippen LogP contribution >= 0.6 is 22.9 Å². The van der Waals surface area contributed by atoms with Crippen LogP contribution in [0.15, 0.2) is 36.4 Å². The predicted octanol–water partition coefficient (Wildman–Crippen LogP) is 4.01. The fourth-order valence-corrected chi connectivity index (χ4v) is 3.81. The monoisotopic (exact) mass is 349 g/mol. The molecule has 0 saturated carbocycles. The van der Waals surface area contributed by atoms with Crippen molar-refractivity contribution in [3.05, 3.63) is 46.3 Å². The highest BCUT2D eigenvalue weighted by molar-refractivity contribution is 7.17. The number of carboxylic acid groups (broad SMARTS) is 1. The summed E-state index contributed by atoms with van der Waals surface area (Å²) in [6.07, 6.45) is 1.05. The molecule has 0 atom stereocenters. The van der Waals surface area contributed by atoms with Gasteiger partial charge < -0.3 is 10.0 Å². The van der Waals surface area contributed by atoms with Crippen LogP contribution in [-0.2, 0) is 4.79 Å². The van der Waals surface area contributed by atoms with E-state index in [1.54, 1.807) is 4.90 Å². The number of benzene rings is 1. The SMILES string of the molecule is O=C(O)C1CCN(C(=O)c2ccc(-c3ccc(Cl)cc3)s2)CC1. The molecule has 1 N–H and O–H groups in total. The van der Waals surface area contributed by atoms with Crippen molar-refractivity contribution in [1.29, 1.82) is 0 Å². The summed E-state index contributed by atoms with van der Waals surface area (Å²) in [7, 11) is 0. The molecule has 3 rings (SSSR count). The molecular weight excluding hydrogens is 334 g/mol. The van der Waals surface area contributed by atoms with Crippen molar-refractivity contribution in [1.82, 2.24) is 4.90 Å². The van der Waals surface area contributed by atoms with Crippen LogP contribution in [0, 0.1) is 5.92 Å². The lowest BCUT2D eigenvalue weighted by atomic mass is 9.97. The van der Waals surface area contributed by atoms with Gasteiger partial charge in [0.2, 0.25) is 0 Å². The van der Waals surface area contributed by atoms with Gasteiger partial charge in [-0.3, -0.25) is 9.59 Å². The lowest BCUT2D eigenvalue weighted by molar-refractivity contribution is -0.143. The van der Waals surface area contributed by atoms with Crippen LogP contribution in [0.1, 0.15) is 22.5 Å². The molecule has 1 aromatic heterocycles. The van der Waals surface area contributed by atoms with Gasteiger partial charge in [-0.25, -0.2) is 0 Å². The Bertz CT molecular complexity index is 718. The van der Waals surface area contributed by atoms with E-state index in [4.69, 9.17) is 16.7 Å². The van der Waals surface area contributed by atoms with E-state index < -0.39 is 5.97 Å². The Morgan fingerprint density at radius 1 is 1.09 bits per heavy atom. The van der Waals surface area contributed by atoms with Crippen LogP contribution in [-0.4, -0.2) is 35.0 Å². The molecule has 1 fully saturated rings. The van der Waals surface area contributed by atoms with Gasteiger partial charge in [-0.05, 0) is 42.7 Å². The third-order valence-electron chi connectivity index (χ3n) is 4.08. The van der Waals surface area contributed by atoms with Crippen molar-refractivity contribution >= 4 is 34.8 Å². The molecule has 1 aromatic carbocycles. The van der Waals surface area contributed by atoms with Crippen LogP contribution < -0.4 is 0 Å². The zero-order chi connectivity index (χ0) is 16.4. The van der Waals surface area contributed by atoms with Gasteiger partial charge in [-0.2, -0.15) is 0 Å². The van der Waals surface area contributed by atoms with Crippen LogP contribution in [0.25, 0.3) is 10.4 Å². The zero-order valence-electron chi connectivity index (χ0n) is 12.4. The maximum Gasteiger partial charge on any atom is 0.306 e. The molecule has 4 nitrogen and oxygen atoms in total. The molecular formula is C17H16ClNO3S. The Balaban J connectivity index is 1.69. The Morgan fingerprint density at radius 2 is 1.74 bits per heavy atom. The first-order valence-electron chi connectivity index (χ1n) is 7.42. The molecule has 1 aliphatic heterocycles. The molecule has 0 bridgehead atoms. The lowest BCUT2D eigenvalue weighted by Gasteiger charge is -2.29. The van der Waals surface area contributed by atoms with E-state index in [0.29, 0.717) is 35.8 Å². The van der Waals surface area contributed by atoms with Gasteiger partial charge in [0.1, 0.15) is 0 Å². The number of hydrogen-bond acceptors (Lipinski definition) is 3. The first-order valence-corrected chi connectivity index (χ1v) is 8.62. The highest BCUT2D eigenvalue weighted by atomic mass is 35.5. The van der Waals surface area contributed by atoms with Crippen LogP contribution in [0.2, 0.25) is 5.02 Å². The second-order valence-electron chi connectivity index (χ2n) is 5.58. The fraction of sp³-hybridized carbons (Fsp3) is 0.294. The summed E-state index contributed by atoms with van der Waals surface area (Å²) in [5.41, 5.74) is 1.03. The number of carboxylic acids is 1. The number of nitrogens with zero attached hydrogens (tertiary/aromatic N) is 1. The largest absolute Gasteiger partial charge is 0.481 e. The van der Waals surface area contributed by atoms with E-state index in [-0.39, 0.29) is 11.8 Å². The average Bonchev–Trinajstić information content (AvgIpc) is 3.05. The van der Waals surface area contributed by atoms with E-state index in [2.05, 4.69) is 0 Å². The minimum Gasteiger partial charge on any atom is -0.481 e. The smallest absolute Gasteiger partial charge is 0.306 e. The number of aliphatic carboxylic acids is 1. The van der Waals surface area contributed by atoms with Gasteiger partial charge in [0.05, 0.1) is 10.8 Å². The number of thiophene rings is 1. The normalized spacial score (nSPS) is 15.6. The molecule has 0 aliphatic carbocycles. The summed E-state index contributed by atoms with van der Waals surface area (Å²) in [6, 6.07) is 11.3. The number of hydrogen-bond donors (Lipinski definition) is 1. The predicted molar refractivity (Wildman–Crippen MR) is 91.0 cm³/mol. The number of piperidine rings is 1.